The van der Waals surface area contributed by atoms with E-state index >= 15 is 0 Å². The summed E-state index contributed by atoms with van der Waals surface area (Å²) in [5, 5.41) is 14.7. The Balaban J connectivity index is 1.87. The zero-order chi connectivity index (χ0) is 14.7. The normalized spacial score (nSPS) is 12.3. The monoisotopic (exact) mass is 278 g/mol. The van der Waals surface area contributed by atoms with Crippen LogP contribution in [-0.4, -0.2) is 14.9 Å². The minimum atomic E-state index is -0.641. The molecular formula is C18H18N2O. The van der Waals surface area contributed by atoms with Gasteiger partial charge in [0, 0.05) is 12.7 Å². The van der Waals surface area contributed by atoms with Crippen LogP contribution in [0.4, 0.5) is 0 Å². The SMILES string of the molecule is CCn1nccc1C(O)c1ccc(-c2ccccc2)cc1. The van der Waals surface area contributed by atoms with Gasteiger partial charge in [0.1, 0.15) is 6.10 Å². The summed E-state index contributed by atoms with van der Waals surface area (Å²) in [6.45, 7) is 2.77. The number of aromatic nitrogens is 2. The van der Waals surface area contributed by atoms with E-state index < -0.39 is 6.10 Å². The first-order chi connectivity index (χ1) is 10.3. The van der Waals surface area contributed by atoms with Gasteiger partial charge in [-0.3, -0.25) is 4.68 Å². The van der Waals surface area contributed by atoms with E-state index in [9.17, 15) is 5.11 Å². The fourth-order valence-electron chi connectivity index (χ4n) is 2.50. The third kappa shape index (κ3) is 2.73. The van der Waals surface area contributed by atoms with Gasteiger partial charge in [0.25, 0.3) is 0 Å². The third-order valence-electron chi connectivity index (χ3n) is 3.66. The molecule has 0 radical (unpaired) electrons. The maximum Gasteiger partial charge on any atom is 0.121 e. The molecule has 106 valence electrons. The van der Waals surface area contributed by atoms with Crippen LogP contribution in [0.3, 0.4) is 0 Å². The van der Waals surface area contributed by atoms with E-state index in [1.54, 1.807) is 6.20 Å². The van der Waals surface area contributed by atoms with Crippen molar-refractivity contribution >= 4 is 0 Å². The van der Waals surface area contributed by atoms with Gasteiger partial charge < -0.3 is 5.11 Å². The molecular weight excluding hydrogens is 260 g/mol. The van der Waals surface area contributed by atoms with Crippen LogP contribution in [0, 0.1) is 0 Å². The van der Waals surface area contributed by atoms with Crippen LogP contribution in [0.5, 0.6) is 0 Å². The molecule has 3 aromatic rings. The van der Waals surface area contributed by atoms with Gasteiger partial charge >= 0.3 is 0 Å². The summed E-state index contributed by atoms with van der Waals surface area (Å²) in [5.41, 5.74) is 4.03. The Morgan fingerprint density at radius 3 is 2.29 bits per heavy atom. The average Bonchev–Trinajstić information content (AvgIpc) is 3.04. The minimum absolute atomic E-state index is 0.641. The molecule has 2 aromatic carbocycles. The molecule has 0 aliphatic heterocycles. The van der Waals surface area contributed by atoms with E-state index in [1.807, 2.05) is 60.1 Å². The van der Waals surface area contributed by atoms with Crippen molar-refractivity contribution in [1.82, 2.24) is 9.78 Å². The molecule has 0 saturated carbocycles. The fourth-order valence-corrected chi connectivity index (χ4v) is 2.50. The molecule has 0 spiro atoms. The minimum Gasteiger partial charge on any atom is -0.382 e. The molecule has 3 heteroatoms. The Bertz CT molecular complexity index is 702. The van der Waals surface area contributed by atoms with E-state index in [1.165, 1.54) is 5.56 Å². The number of benzene rings is 2. The Morgan fingerprint density at radius 1 is 0.952 bits per heavy atom. The summed E-state index contributed by atoms with van der Waals surface area (Å²) in [6.07, 6.45) is 1.08. The van der Waals surface area contributed by atoms with Crippen molar-refractivity contribution in [1.29, 1.82) is 0 Å². The first-order valence-electron chi connectivity index (χ1n) is 7.14. The topological polar surface area (TPSA) is 38.0 Å². The van der Waals surface area contributed by atoms with Gasteiger partial charge in [-0.25, -0.2) is 0 Å². The van der Waals surface area contributed by atoms with Gasteiger partial charge in [0.2, 0.25) is 0 Å². The van der Waals surface area contributed by atoms with Gasteiger partial charge in [0.15, 0.2) is 0 Å². The molecule has 1 aromatic heterocycles. The summed E-state index contributed by atoms with van der Waals surface area (Å²) < 4.78 is 1.82. The number of rotatable bonds is 4. The maximum absolute atomic E-state index is 10.5. The number of hydrogen-bond acceptors (Lipinski definition) is 2. The second-order valence-corrected chi connectivity index (χ2v) is 4.96. The van der Waals surface area contributed by atoms with Gasteiger partial charge in [0.05, 0.1) is 5.69 Å². The number of aryl methyl sites for hydroxylation is 1. The van der Waals surface area contributed by atoms with Gasteiger partial charge in [-0.2, -0.15) is 5.10 Å². The van der Waals surface area contributed by atoms with E-state index in [0.717, 1.165) is 23.4 Å². The zero-order valence-electron chi connectivity index (χ0n) is 12.0. The molecule has 0 amide bonds. The zero-order valence-corrected chi connectivity index (χ0v) is 12.0. The molecule has 1 N–H and O–H groups in total. The maximum atomic E-state index is 10.5. The highest BCUT2D eigenvalue weighted by Gasteiger charge is 2.14. The van der Waals surface area contributed by atoms with Crippen molar-refractivity contribution in [3.8, 4) is 11.1 Å². The Hall–Kier alpha value is -2.39. The van der Waals surface area contributed by atoms with Crippen LogP contribution in [0.25, 0.3) is 11.1 Å². The van der Waals surface area contributed by atoms with Crippen LogP contribution >= 0.6 is 0 Å². The highest BCUT2D eigenvalue weighted by atomic mass is 16.3. The molecule has 21 heavy (non-hydrogen) atoms. The molecule has 0 aliphatic carbocycles. The first kappa shape index (κ1) is 13.6. The van der Waals surface area contributed by atoms with E-state index in [2.05, 4.69) is 17.2 Å². The van der Waals surface area contributed by atoms with E-state index in [0.29, 0.717) is 0 Å². The summed E-state index contributed by atoms with van der Waals surface area (Å²) in [7, 11) is 0. The predicted octanol–water partition coefficient (Wildman–Crippen LogP) is 3.65. The van der Waals surface area contributed by atoms with Crippen LogP contribution in [0.15, 0.2) is 66.9 Å². The highest BCUT2D eigenvalue weighted by Crippen LogP contribution is 2.25. The third-order valence-corrected chi connectivity index (χ3v) is 3.66. The lowest BCUT2D eigenvalue weighted by Crippen LogP contribution is -2.08. The molecule has 3 rings (SSSR count). The largest absolute Gasteiger partial charge is 0.382 e. The first-order valence-corrected chi connectivity index (χ1v) is 7.14. The second kappa shape index (κ2) is 5.94. The van der Waals surface area contributed by atoms with Crippen LogP contribution in [0.2, 0.25) is 0 Å². The smallest absolute Gasteiger partial charge is 0.121 e. The average molecular weight is 278 g/mol. The van der Waals surface area contributed by atoms with Gasteiger partial charge in [-0.1, -0.05) is 54.6 Å². The Labute approximate surface area is 124 Å². The summed E-state index contributed by atoms with van der Waals surface area (Å²) >= 11 is 0. The molecule has 1 atom stereocenters. The fraction of sp³-hybridized carbons (Fsp3) is 0.167. The van der Waals surface area contributed by atoms with Crippen LogP contribution in [0.1, 0.15) is 24.3 Å². The van der Waals surface area contributed by atoms with Crippen molar-refractivity contribution in [2.24, 2.45) is 0 Å². The van der Waals surface area contributed by atoms with Crippen LogP contribution < -0.4 is 0 Å². The van der Waals surface area contributed by atoms with E-state index in [4.69, 9.17) is 0 Å². The second-order valence-electron chi connectivity index (χ2n) is 4.96. The molecule has 3 nitrogen and oxygen atoms in total. The molecule has 1 unspecified atom stereocenters. The Kier molecular flexibility index (Phi) is 3.84. The van der Waals surface area contributed by atoms with E-state index in [-0.39, 0.29) is 0 Å². The lowest BCUT2D eigenvalue weighted by molar-refractivity contribution is 0.208. The van der Waals surface area contributed by atoms with Crippen molar-refractivity contribution < 1.29 is 5.11 Å². The predicted molar refractivity (Wildman–Crippen MR) is 83.8 cm³/mol. The summed E-state index contributed by atoms with van der Waals surface area (Å²) in [5.74, 6) is 0. The quantitative estimate of drug-likeness (QED) is 0.791. The standard InChI is InChI=1S/C18H18N2O/c1-2-20-17(12-13-19-20)18(21)16-10-8-15(9-11-16)14-6-4-3-5-7-14/h3-13,18,21H,2H2,1H3. The Morgan fingerprint density at radius 2 is 1.62 bits per heavy atom. The molecule has 0 fully saturated rings. The van der Waals surface area contributed by atoms with Gasteiger partial charge in [-0.15, -0.1) is 0 Å². The van der Waals surface area contributed by atoms with Crippen LogP contribution in [-0.2, 0) is 6.54 Å². The van der Waals surface area contributed by atoms with Crippen molar-refractivity contribution in [3.05, 3.63) is 78.1 Å². The molecule has 0 aliphatic rings. The lowest BCUT2D eigenvalue weighted by Gasteiger charge is -2.13. The molecule has 0 bridgehead atoms. The van der Waals surface area contributed by atoms with Crippen molar-refractivity contribution in [2.45, 2.75) is 19.6 Å². The number of nitrogens with zero attached hydrogens (tertiary/aromatic N) is 2. The number of aliphatic hydroxyl groups is 1. The molecule has 1 heterocycles. The lowest BCUT2D eigenvalue weighted by atomic mass is 10.0. The summed E-state index contributed by atoms with van der Waals surface area (Å²) in [6, 6.07) is 20.1. The highest BCUT2D eigenvalue weighted by molar-refractivity contribution is 5.63. The van der Waals surface area contributed by atoms with Crippen molar-refractivity contribution in [2.75, 3.05) is 0 Å². The number of hydrogen-bond donors (Lipinski definition) is 1. The number of aliphatic hydroxyl groups excluding tert-OH is 1. The van der Waals surface area contributed by atoms with Gasteiger partial charge in [-0.05, 0) is 29.7 Å². The summed E-state index contributed by atoms with van der Waals surface area (Å²) in [4.78, 5) is 0. The van der Waals surface area contributed by atoms with Crippen molar-refractivity contribution in [3.63, 3.8) is 0 Å². The molecule has 0 saturated heterocycles.